The van der Waals surface area contributed by atoms with Crippen molar-refractivity contribution in [2.75, 3.05) is 0 Å². The lowest BCUT2D eigenvalue weighted by Gasteiger charge is -1.96. The molecule has 1 aromatic heterocycles. The molecule has 0 amide bonds. The molecule has 0 bridgehead atoms. The number of aldehydes is 1. The minimum absolute atomic E-state index is 0.745. The number of rotatable bonds is 3. The summed E-state index contributed by atoms with van der Waals surface area (Å²) < 4.78 is 1.96. The predicted octanol–water partition coefficient (Wildman–Crippen LogP) is 1.12. The van der Waals surface area contributed by atoms with Gasteiger partial charge in [0.1, 0.15) is 12.1 Å². The second-order valence-electron chi connectivity index (χ2n) is 2.07. The lowest BCUT2D eigenvalue weighted by Crippen LogP contribution is -1.94. The first-order valence-corrected chi connectivity index (χ1v) is 3.51. The number of hydrogen-bond acceptors (Lipinski definition) is 2. The monoisotopic (exact) mass is 150 g/mol. The second kappa shape index (κ2) is 3.71. The van der Waals surface area contributed by atoms with Crippen LogP contribution in [0.15, 0.2) is 18.5 Å². The molecule has 0 aliphatic rings. The fourth-order valence-electron chi connectivity index (χ4n) is 0.872. The topological polar surface area (TPSA) is 34.9 Å². The molecule has 3 heteroatoms. The lowest BCUT2D eigenvalue weighted by atomic mass is 10.5. The Kier molecular flexibility index (Phi) is 2.60. The van der Waals surface area contributed by atoms with Crippen LogP contribution in [0.25, 0.3) is 6.08 Å². The molecule has 1 heterocycles. The van der Waals surface area contributed by atoms with E-state index in [1.54, 1.807) is 12.3 Å². The first-order chi connectivity index (χ1) is 5.38. The molecule has 0 aromatic carbocycles. The van der Waals surface area contributed by atoms with Gasteiger partial charge in [-0.15, -0.1) is 0 Å². The summed E-state index contributed by atoms with van der Waals surface area (Å²) in [6, 6.07) is 0. The largest absolute Gasteiger partial charge is 0.332 e. The van der Waals surface area contributed by atoms with Crippen LogP contribution in [0.2, 0.25) is 0 Å². The summed E-state index contributed by atoms with van der Waals surface area (Å²) in [6.07, 6.45) is 7.47. The van der Waals surface area contributed by atoms with Crippen LogP contribution in [0.1, 0.15) is 12.7 Å². The number of allylic oxidation sites excluding steroid dienone is 1. The number of nitrogens with zero attached hydrogens (tertiary/aromatic N) is 2. The van der Waals surface area contributed by atoms with E-state index in [1.807, 2.05) is 17.7 Å². The molecular weight excluding hydrogens is 140 g/mol. The highest BCUT2D eigenvalue weighted by atomic mass is 16.1. The fraction of sp³-hybridized carbons (Fsp3) is 0.250. The molecule has 3 nitrogen and oxygen atoms in total. The molecule has 11 heavy (non-hydrogen) atoms. The van der Waals surface area contributed by atoms with Crippen molar-refractivity contribution in [3.8, 4) is 0 Å². The van der Waals surface area contributed by atoms with Gasteiger partial charge in [0, 0.05) is 18.9 Å². The number of aromatic nitrogens is 2. The minimum atomic E-state index is 0.745. The average Bonchev–Trinajstić information content (AvgIpc) is 2.47. The van der Waals surface area contributed by atoms with E-state index in [9.17, 15) is 4.79 Å². The Morgan fingerprint density at radius 3 is 3.18 bits per heavy atom. The first-order valence-electron chi connectivity index (χ1n) is 3.51. The third kappa shape index (κ3) is 1.77. The Hall–Kier alpha value is -1.38. The SMILES string of the molecule is CCn1ccnc1C=CC=O. The van der Waals surface area contributed by atoms with Gasteiger partial charge in [-0.05, 0) is 19.1 Å². The number of carbonyl (C=O) groups is 1. The highest BCUT2D eigenvalue weighted by molar-refractivity contribution is 5.72. The Morgan fingerprint density at radius 2 is 2.55 bits per heavy atom. The van der Waals surface area contributed by atoms with E-state index in [1.165, 1.54) is 6.08 Å². The van der Waals surface area contributed by atoms with E-state index in [4.69, 9.17) is 0 Å². The van der Waals surface area contributed by atoms with Gasteiger partial charge >= 0.3 is 0 Å². The van der Waals surface area contributed by atoms with Crippen molar-refractivity contribution < 1.29 is 4.79 Å². The Morgan fingerprint density at radius 1 is 1.73 bits per heavy atom. The number of aryl methyl sites for hydroxylation is 1. The highest BCUT2D eigenvalue weighted by Crippen LogP contribution is 1.98. The summed E-state index contributed by atoms with van der Waals surface area (Å²) in [7, 11) is 0. The van der Waals surface area contributed by atoms with Gasteiger partial charge in [0.25, 0.3) is 0 Å². The standard InChI is InChI=1S/C8H10N2O/c1-2-10-6-5-9-8(10)4-3-7-11/h3-7H,2H2,1H3. The smallest absolute Gasteiger partial charge is 0.142 e. The third-order valence-corrected chi connectivity index (χ3v) is 1.41. The van der Waals surface area contributed by atoms with Crippen LogP contribution in [-0.2, 0) is 11.3 Å². The van der Waals surface area contributed by atoms with Crippen LogP contribution in [0.5, 0.6) is 0 Å². The summed E-state index contributed by atoms with van der Waals surface area (Å²) in [5.41, 5.74) is 0. The van der Waals surface area contributed by atoms with E-state index in [2.05, 4.69) is 4.98 Å². The summed E-state index contributed by atoms with van der Waals surface area (Å²) in [4.78, 5) is 14.0. The summed E-state index contributed by atoms with van der Waals surface area (Å²) in [6.45, 7) is 2.90. The van der Waals surface area contributed by atoms with Crippen molar-refractivity contribution in [1.29, 1.82) is 0 Å². The normalized spacial score (nSPS) is 10.6. The molecule has 0 aliphatic carbocycles. The van der Waals surface area contributed by atoms with Gasteiger partial charge in [0.2, 0.25) is 0 Å². The van der Waals surface area contributed by atoms with E-state index < -0.39 is 0 Å². The molecule has 1 aromatic rings. The van der Waals surface area contributed by atoms with E-state index in [-0.39, 0.29) is 0 Å². The van der Waals surface area contributed by atoms with Crippen molar-refractivity contribution in [2.24, 2.45) is 0 Å². The van der Waals surface area contributed by atoms with E-state index >= 15 is 0 Å². The van der Waals surface area contributed by atoms with Crippen LogP contribution >= 0.6 is 0 Å². The molecule has 58 valence electrons. The maximum absolute atomic E-state index is 9.98. The van der Waals surface area contributed by atoms with Crippen LogP contribution < -0.4 is 0 Å². The van der Waals surface area contributed by atoms with Gasteiger partial charge in [-0.25, -0.2) is 4.98 Å². The quantitative estimate of drug-likeness (QED) is 0.478. The average molecular weight is 150 g/mol. The maximum atomic E-state index is 9.98. The zero-order valence-corrected chi connectivity index (χ0v) is 6.40. The van der Waals surface area contributed by atoms with E-state index in [0.717, 1.165) is 18.7 Å². The fourth-order valence-corrected chi connectivity index (χ4v) is 0.872. The van der Waals surface area contributed by atoms with Crippen molar-refractivity contribution >= 4 is 12.4 Å². The minimum Gasteiger partial charge on any atom is -0.332 e. The van der Waals surface area contributed by atoms with Gasteiger partial charge in [0.15, 0.2) is 0 Å². The first kappa shape index (κ1) is 7.72. The number of hydrogen-bond donors (Lipinski definition) is 0. The molecule has 0 saturated carbocycles. The maximum Gasteiger partial charge on any atom is 0.142 e. The zero-order chi connectivity index (χ0) is 8.10. The van der Waals surface area contributed by atoms with Crippen molar-refractivity contribution in [3.05, 3.63) is 24.3 Å². The molecular formula is C8H10N2O. The molecule has 0 aliphatic heterocycles. The summed E-state index contributed by atoms with van der Waals surface area (Å²) in [5.74, 6) is 0.819. The molecule has 0 fully saturated rings. The van der Waals surface area contributed by atoms with Crippen LogP contribution in [-0.4, -0.2) is 15.8 Å². The van der Waals surface area contributed by atoms with Gasteiger partial charge in [-0.2, -0.15) is 0 Å². The van der Waals surface area contributed by atoms with Gasteiger partial charge in [-0.1, -0.05) is 0 Å². The molecule has 0 spiro atoms. The van der Waals surface area contributed by atoms with Gasteiger partial charge < -0.3 is 4.57 Å². The molecule has 0 unspecified atom stereocenters. The molecule has 1 rings (SSSR count). The van der Waals surface area contributed by atoms with Crippen LogP contribution in [0.3, 0.4) is 0 Å². The Balaban J connectivity index is 2.84. The Labute approximate surface area is 65.4 Å². The lowest BCUT2D eigenvalue weighted by molar-refractivity contribution is -0.104. The third-order valence-electron chi connectivity index (χ3n) is 1.41. The number of carbonyl (C=O) groups excluding carboxylic acids is 1. The Bertz CT molecular complexity index is 263. The zero-order valence-electron chi connectivity index (χ0n) is 6.40. The highest BCUT2D eigenvalue weighted by Gasteiger charge is 1.93. The van der Waals surface area contributed by atoms with Gasteiger partial charge in [0.05, 0.1) is 0 Å². The van der Waals surface area contributed by atoms with Gasteiger partial charge in [-0.3, -0.25) is 4.79 Å². The molecule has 0 atom stereocenters. The van der Waals surface area contributed by atoms with Crippen molar-refractivity contribution in [3.63, 3.8) is 0 Å². The summed E-state index contributed by atoms with van der Waals surface area (Å²) in [5, 5.41) is 0. The molecule has 0 radical (unpaired) electrons. The van der Waals surface area contributed by atoms with Crippen molar-refractivity contribution in [2.45, 2.75) is 13.5 Å². The second-order valence-corrected chi connectivity index (χ2v) is 2.07. The van der Waals surface area contributed by atoms with Crippen LogP contribution in [0, 0.1) is 0 Å². The van der Waals surface area contributed by atoms with E-state index in [0.29, 0.717) is 0 Å². The molecule has 0 N–H and O–H groups in total. The predicted molar refractivity (Wildman–Crippen MR) is 43.0 cm³/mol. The molecule has 0 saturated heterocycles. The van der Waals surface area contributed by atoms with Crippen LogP contribution in [0.4, 0.5) is 0 Å². The summed E-state index contributed by atoms with van der Waals surface area (Å²) >= 11 is 0. The van der Waals surface area contributed by atoms with Crippen molar-refractivity contribution in [1.82, 2.24) is 9.55 Å². The number of imidazole rings is 1.